The van der Waals surface area contributed by atoms with Crippen LogP contribution in [0.25, 0.3) is 0 Å². The SMILES string of the molecule is Cc1ccc(N(CC(=O)N(Cc2ccc(Cl)cc2Cl)[C@@H](C)C(=O)NCC(C)C)S(C)(=O)=O)cc1. The molecule has 0 saturated heterocycles. The van der Waals surface area contributed by atoms with Crippen LogP contribution in [0.4, 0.5) is 5.69 Å². The highest BCUT2D eigenvalue weighted by atomic mass is 35.5. The van der Waals surface area contributed by atoms with Gasteiger partial charge in [-0.25, -0.2) is 8.42 Å². The van der Waals surface area contributed by atoms with Gasteiger partial charge in [0.15, 0.2) is 0 Å². The van der Waals surface area contributed by atoms with Gasteiger partial charge < -0.3 is 10.2 Å². The number of sulfonamides is 1. The molecular weight excluding hydrogens is 497 g/mol. The molecule has 186 valence electrons. The zero-order chi connectivity index (χ0) is 25.6. The fourth-order valence-corrected chi connectivity index (χ4v) is 4.51. The van der Waals surface area contributed by atoms with Gasteiger partial charge in [0.25, 0.3) is 0 Å². The van der Waals surface area contributed by atoms with Crippen molar-refractivity contribution in [1.82, 2.24) is 10.2 Å². The Morgan fingerprint density at radius 2 is 1.65 bits per heavy atom. The van der Waals surface area contributed by atoms with Crippen molar-refractivity contribution in [3.05, 3.63) is 63.6 Å². The predicted octanol–water partition coefficient (Wildman–Crippen LogP) is 4.26. The number of amides is 2. The van der Waals surface area contributed by atoms with Gasteiger partial charge in [0.2, 0.25) is 21.8 Å². The Bertz CT molecular complexity index is 1120. The van der Waals surface area contributed by atoms with E-state index in [1.54, 1.807) is 49.4 Å². The molecule has 0 saturated carbocycles. The van der Waals surface area contributed by atoms with E-state index >= 15 is 0 Å². The first-order valence-corrected chi connectivity index (χ1v) is 13.5. The second kappa shape index (κ2) is 11.9. The Balaban J connectivity index is 2.39. The van der Waals surface area contributed by atoms with Crippen LogP contribution in [0.5, 0.6) is 0 Å². The van der Waals surface area contributed by atoms with Crippen LogP contribution < -0.4 is 9.62 Å². The molecule has 0 bridgehead atoms. The van der Waals surface area contributed by atoms with Crippen LogP contribution in [0, 0.1) is 12.8 Å². The molecule has 0 aliphatic carbocycles. The normalized spacial score (nSPS) is 12.4. The van der Waals surface area contributed by atoms with Crippen molar-refractivity contribution in [2.75, 3.05) is 23.7 Å². The maximum absolute atomic E-state index is 13.5. The van der Waals surface area contributed by atoms with Crippen LogP contribution >= 0.6 is 23.2 Å². The van der Waals surface area contributed by atoms with Gasteiger partial charge in [0.05, 0.1) is 11.9 Å². The lowest BCUT2D eigenvalue weighted by Crippen LogP contribution is -2.51. The van der Waals surface area contributed by atoms with Crippen molar-refractivity contribution < 1.29 is 18.0 Å². The number of carbonyl (C=O) groups is 2. The van der Waals surface area contributed by atoms with Crippen LogP contribution in [0.2, 0.25) is 10.0 Å². The third-order valence-corrected chi connectivity index (χ3v) is 6.94. The quantitative estimate of drug-likeness (QED) is 0.500. The number of aryl methyl sites for hydroxylation is 1. The van der Waals surface area contributed by atoms with E-state index in [1.165, 1.54) is 4.90 Å². The minimum absolute atomic E-state index is 0.0105. The molecule has 0 aliphatic rings. The maximum Gasteiger partial charge on any atom is 0.244 e. The van der Waals surface area contributed by atoms with E-state index < -0.39 is 28.5 Å². The first kappa shape index (κ1) is 28.0. The van der Waals surface area contributed by atoms with E-state index in [2.05, 4.69) is 5.32 Å². The van der Waals surface area contributed by atoms with E-state index in [0.29, 0.717) is 27.8 Å². The first-order valence-electron chi connectivity index (χ1n) is 10.8. The topological polar surface area (TPSA) is 86.8 Å². The molecule has 2 aromatic rings. The minimum Gasteiger partial charge on any atom is -0.354 e. The maximum atomic E-state index is 13.5. The van der Waals surface area contributed by atoms with Gasteiger partial charge in [-0.2, -0.15) is 0 Å². The molecule has 2 rings (SSSR count). The van der Waals surface area contributed by atoms with E-state index in [1.807, 2.05) is 20.8 Å². The van der Waals surface area contributed by atoms with E-state index in [-0.39, 0.29) is 18.4 Å². The number of hydrogen-bond donors (Lipinski definition) is 1. The van der Waals surface area contributed by atoms with Gasteiger partial charge in [-0.3, -0.25) is 13.9 Å². The Kier molecular flexibility index (Phi) is 9.79. The van der Waals surface area contributed by atoms with Crippen LogP contribution in [-0.2, 0) is 26.2 Å². The van der Waals surface area contributed by atoms with Crippen LogP contribution in [0.1, 0.15) is 31.9 Å². The Morgan fingerprint density at radius 1 is 1.03 bits per heavy atom. The van der Waals surface area contributed by atoms with Crippen LogP contribution in [-0.4, -0.2) is 50.5 Å². The molecule has 1 atom stereocenters. The van der Waals surface area contributed by atoms with Gasteiger partial charge in [-0.15, -0.1) is 0 Å². The fourth-order valence-electron chi connectivity index (χ4n) is 3.19. The first-order chi connectivity index (χ1) is 15.8. The fraction of sp³-hybridized carbons (Fsp3) is 0.417. The Labute approximate surface area is 212 Å². The zero-order valence-corrected chi connectivity index (χ0v) is 22.3. The van der Waals surface area contributed by atoms with Gasteiger partial charge in [0.1, 0.15) is 12.6 Å². The summed E-state index contributed by atoms with van der Waals surface area (Å²) in [5, 5.41) is 3.62. The molecule has 10 heteroatoms. The lowest BCUT2D eigenvalue weighted by Gasteiger charge is -2.32. The number of halogens is 2. The van der Waals surface area contributed by atoms with Crippen molar-refractivity contribution in [3.8, 4) is 0 Å². The highest BCUT2D eigenvalue weighted by Crippen LogP contribution is 2.24. The van der Waals surface area contributed by atoms with E-state index in [4.69, 9.17) is 23.2 Å². The highest BCUT2D eigenvalue weighted by molar-refractivity contribution is 7.92. The lowest BCUT2D eigenvalue weighted by molar-refractivity contribution is -0.139. The number of nitrogens with one attached hydrogen (secondary N) is 1. The van der Waals surface area contributed by atoms with Gasteiger partial charge >= 0.3 is 0 Å². The second-order valence-corrected chi connectivity index (χ2v) is 11.4. The van der Waals surface area contributed by atoms with Crippen molar-refractivity contribution in [2.45, 2.75) is 40.3 Å². The summed E-state index contributed by atoms with van der Waals surface area (Å²) in [6.07, 6.45) is 1.04. The summed E-state index contributed by atoms with van der Waals surface area (Å²) in [5.74, 6) is -0.647. The molecule has 1 N–H and O–H groups in total. The summed E-state index contributed by atoms with van der Waals surface area (Å²) >= 11 is 12.3. The number of hydrogen-bond acceptors (Lipinski definition) is 4. The third kappa shape index (κ3) is 7.89. The van der Waals surface area contributed by atoms with Gasteiger partial charge in [-0.1, -0.05) is 60.8 Å². The van der Waals surface area contributed by atoms with Crippen LogP contribution in [0.15, 0.2) is 42.5 Å². The van der Waals surface area contributed by atoms with Crippen molar-refractivity contribution in [3.63, 3.8) is 0 Å². The molecule has 0 radical (unpaired) electrons. The zero-order valence-electron chi connectivity index (χ0n) is 20.0. The Morgan fingerprint density at radius 3 is 2.18 bits per heavy atom. The van der Waals surface area contributed by atoms with E-state index in [9.17, 15) is 18.0 Å². The summed E-state index contributed by atoms with van der Waals surface area (Å²) in [7, 11) is -3.77. The number of anilines is 1. The summed E-state index contributed by atoms with van der Waals surface area (Å²) in [5.41, 5.74) is 1.91. The predicted molar refractivity (Wildman–Crippen MR) is 138 cm³/mol. The number of nitrogens with zero attached hydrogens (tertiary/aromatic N) is 2. The van der Waals surface area contributed by atoms with E-state index in [0.717, 1.165) is 16.1 Å². The number of rotatable bonds is 10. The molecule has 7 nitrogen and oxygen atoms in total. The molecule has 0 spiro atoms. The number of carbonyl (C=O) groups excluding carboxylic acids is 2. The van der Waals surface area contributed by atoms with Crippen LogP contribution in [0.3, 0.4) is 0 Å². The molecule has 0 aromatic heterocycles. The highest BCUT2D eigenvalue weighted by Gasteiger charge is 2.30. The second-order valence-electron chi connectivity index (χ2n) is 8.68. The molecule has 2 amide bonds. The monoisotopic (exact) mass is 527 g/mol. The standard InChI is InChI=1S/C24H31Cl2N3O4S/c1-16(2)13-27-24(31)18(4)28(14-19-8-9-20(25)12-22(19)26)23(30)15-29(34(5,32)33)21-10-6-17(3)7-11-21/h6-12,16,18H,13-15H2,1-5H3,(H,27,31)/t18-/m0/s1. The summed E-state index contributed by atoms with van der Waals surface area (Å²) in [6.45, 7) is 7.42. The van der Waals surface area contributed by atoms with Gasteiger partial charge in [0, 0.05) is 23.1 Å². The Hall–Kier alpha value is -2.29. The molecule has 34 heavy (non-hydrogen) atoms. The lowest BCUT2D eigenvalue weighted by atomic mass is 10.1. The molecule has 0 fully saturated rings. The smallest absolute Gasteiger partial charge is 0.244 e. The molecule has 2 aromatic carbocycles. The van der Waals surface area contributed by atoms with Crippen molar-refractivity contribution >= 4 is 50.7 Å². The largest absolute Gasteiger partial charge is 0.354 e. The van der Waals surface area contributed by atoms with Crippen molar-refractivity contribution in [2.24, 2.45) is 5.92 Å². The molecular formula is C24H31Cl2N3O4S. The average Bonchev–Trinajstić information content (AvgIpc) is 2.74. The molecule has 0 unspecified atom stereocenters. The van der Waals surface area contributed by atoms with Gasteiger partial charge in [-0.05, 0) is 49.6 Å². The minimum atomic E-state index is -3.77. The summed E-state index contributed by atoms with van der Waals surface area (Å²) in [4.78, 5) is 27.6. The summed E-state index contributed by atoms with van der Waals surface area (Å²) < 4.78 is 26.1. The molecule has 0 aliphatic heterocycles. The summed E-state index contributed by atoms with van der Waals surface area (Å²) in [6, 6.07) is 10.8. The third-order valence-electron chi connectivity index (χ3n) is 5.21. The van der Waals surface area contributed by atoms with Crippen molar-refractivity contribution in [1.29, 1.82) is 0 Å². The number of benzene rings is 2. The average molecular weight is 529 g/mol. The molecule has 0 heterocycles.